The first-order valence-corrected chi connectivity index (χ1v) is 8.90. The molecule has 0 radical (unpaired) electrons. The van der Waals surface area contributed by atoms with E-state index in [1.165, 1.54) is 0 Å². The largest absolute Gasteiger partial charge is 0.491 e. The van der Waals surface area contributed by atoms with E-state index >= 15 is 0 Å². The highest BCUT2D eigenvalue weighted by Crippen LogP contribution is 2.28. The second kappa shape index (κ2) is 6.59. The summed E-state index contributed by atoms with van der Waals surface area (Å²) in [6, 6.07) is 9.43. The standard InChI is InChI=1S/C19H17N7O3/c1-11-8-14(24-29-11)18-22-21-16-9-15(27-3)19(23-26(16)18)28-10-13-5-4-12-6-7-25(2)17(12)20-13/h4-9H,10H2,1-3H3. The molecule has 0 saturated heterocycles. The highest BCUT2D eigenvalue weighted by atomic mass is 16.5. The molecular formula is C19H17N7O3. The molecule has 0 aliphatic carbocycles. The van der Waals surface area contributed by atoms with E-state index in [0.29, 0.717) is 34.6 Å². The summed E-state index contributed by atoms with van der Waals surface area (Å²) in [5, 5.41) is 17.8. The van der Waals surface area contributed by atoms with Gasteiger partial charge in [-0.15, -0.1) is 15.3 Å². The van der Waals surface area contributed by atoms with Crippen LogP contribution in [0, 0.1) is 6.92 Å². The monoisotopic (exact) mass is 391 g/mol. The van der Waals surface area contributed by atoms with Crippen LogP contribution >= 0.6 is 0 Å². The predicted octanol–water partition coefficient (Wildman–Crippen LogP) is 2.56. The number of aryl methyl sites for hydroxylation is 2. The van der Waals surface area contributed by atoms with E-state index < -0.39 is 0 Å². The Morgan fingerprint density at radius 1 is 1.14 bits per heavy atom. The summed E-state index contributed by atoms with van der Waals surface area (Å²) >= 11 is 0. The Labute approximate surface area is 164 Å². The van der Waals surface area contributed by atoms with Gasteiger partial charge in [0.1, 0.15) is 18.0 Å². The van der Waals surface area contributed by atoms with Gasteiger partial charge in [-0.2, -0.15) is 4.52 Å². The van der Waals surface area contributed by atoms with Crippen molar-refractivity contribution in [2.24, 2.45) is 7.05 Å². The molecule has 5 heterocycles. The molecule has 0 bridgehead atoms. The fourth-order valence-electron chi connectivity index (χ4n) is 3.07. The van der Waals surface area contributed by atoms with Crippen molar-refractivity contribution in [2.45, 2.75) is 13.5 Å². The topological polar surface area (TPSA) is 105 Å². The second-order valence-electron chi connectivity index (χ2n) is 6.57. The molecule has 146 valence electrons. The van der Waals surface area contributed by atoms with E-state index in [2.05, 4.69) is 25.4 Å². The third-order valence-corrected chi connectivity index (χ3v) is 4.54. The molecular weight excluding hydrogens is 374 g/mol. The minimum absolute atomic E-state index is 0.233. The van der Waals surface area contributed by atoms with E-state index in [0.717, 1.165) is 16.7 Å². The zero-order chi connectivity index (χ0) is 20.0. The van der Waals surface area contributed by atoms with Crippen molar-refractivity contribution in [2.75, 3.05) is 7.11 Å². The van der Waals surface area contributed by atoms with Crippen LogP contribution in [0.1, 0.15) is 11.5 Å². The Balaban J connectivity index is 1.49. The molecule has 0 aliphatic heterocycles. The molecule has 0 aromatic carbocycles. The van der Waals surface area contributed by atoms with Gasteiger partial charge in [-0.1, -0.05) is 5.16 Å². The number of hydrogen-bond acceptors (Lipinski definition) is 8. The van der Waals surface area contributed by atoms with Crippen molar-refractivity contribution in [1.29, 1.82) is 0 Å². The summed E-state index contributed by atoms with van der Waals surface area (Å²) in [5.41, 5.74) is 2.71. The summed E-state index contributed by atoms with van der Waals surface area (Å²) < 4.78 is 20.0. The van der Waals surface area contributed by atoms with Crippen LogP contribution in [0.15, 0.2) is 41.1 Å². The summed E-state index contributed by atoms with van der Waals surface area (Å²) in [6.07, 6.45) is 1.97. The molecule has 0 atom stereocenters. The van der Waals surface area contributed by atoms with Crippen LogP contribution in [0.5, 0.6) is 11.6 Å². The SMILES string of the molecule is COc1cc2nnc(-c3cc(C)on3)n2nc1OCc1ccc2ccn(C)c2n1. The fraction of sp³-hybridized carbons (Fsp3) is 0.211. The van der Waals surface area contributed by atoms with Crippen molar-refractivity contribution in [3.8, 4) is 23.1 Å². The third kappa shape index (κ3) is 2.94. The molecule has 5 aromatic heterocycles. The van der Waals surface area contributed by atoms with Gasteiger partial charge in [0.05, 0.1) is 12.8 Å². The summed E-state index contributed by atoms with van der Waals surface area (Å²) in [4.78, 5) is 4.64. The fourth-order valence-corrected chi connectivity index (χ4v) is 3.07. The first kappa shape index (κ1) is 17.2. The molecule has 29 heavy (non-hydrogen) atoms. The number of methoxy groups -OCH3 is 1. The Hall–Kier alpha value is -3.95. The number of ether oxygens (including phenoxy) is 2. The van der Waals surface area contributed by atoms with Gasteiger partial charge in [0.2, 0.25) is 5.82 Å². The molecule has 0 fully saturated rings. The average Bonchev–Trinajstić information content (AvgIpc) is 3.44. The Bertz CT molecular complexity index is 1330. The number of fused-ring (bicyclic) bond motifs is 2. The lowest BCUT2D eigenvalue weighted by Crippen LogP contribution is -2.05. The Kier molecular flexibility index (Phi) is 3.90. The zero-order valence-corrected chi connectivity index (χ0v) is 16.0. The van der Waals surface area contributed by atoms with Crippen molar-refractivity contribution >= 4 is 16.7 Å². The molecule has 0 saturated carbocycles. The quantitative estimate of drug-likeness (QED) is 0.450. The van der Waals surface area contributed by atoms with Crippen molar-refractivity contribution in [3.63, 3.8) is 0 Å². The molecule has 0 aliphatic rings. The summed E-state index contributed by atoms with van der Waals surface area (Å²) in [6.45, 7) is 2.04. The normalized spacial score (nSPS) is 11.4. The molecule has 0 N–H and O–H groups in total. The van der Waals surface area contributed by atoms with Gasteiger partial charge in [0.15, 0.2) is 17.1 Å². The highest BCUT2D eigenvalue weighted by molar-refractivity contribution is 5.76. The molecule has 10 heteroatoms. The van der Waals surface area contributed by atoms with Gasteiger partial charge in [0, 0.05) is 30.8 Å². The molecule has 0 amide bonds. The minimum atomic E-state index is 0.233. The molecule has 0 spiro atoms. The lowest BCUT2D eigenvalue weighted by molar-refractivity contribution is 0.264. The lowest BCUT2D eigenvalue weighted by Gasteiger charge is -2.10. The van der Waals surface area contributed by atoms with Gasteiger partial charge in [-0.25, -0.2) is 4.98 Å². The van der Waals surface area contributed by atoms with Crippen molar-refractivity contribution in [3.05, 3.63) is 48.0 Å². The van der Waals surface area contributed by atoms with Crippen LogP contribution in [0.4, 0.5) is 0 Å². The van der Waals surface area contributed by atoms with Crippen molar-refractivity contribution < 1.29 is 14.0 Å². The number of aromatic nitrogens is 7. The summed E-state index contributed by atoms with van der Waals surface area (Å²) in [5.74, 6) is 1.87. The molecule has 10 nitrogen and oxygen atoms in total. The highest BCUT2D eigenvalue weighted by Gasteiger charge is 2.18. The van der Waals surface area contributed by atoms with E-state index in [9.17, 15) is 0 Å². The lowest BCUT2D eigenvalue weighted by atomic mass is 10.3. The van der Waals surface area contributed by atoms with Gasteiger partial charge in [0.25, 0.3) is 5.88 Å². The first-order chi connectivity index (χ1) is 14.1. The second-order valence-corrected chi connectivity index (χ2v) is 6.57. The van der Waals surface area contributed by atoms with Crippen LogP contribution in [0.3, 0.4) is 0 Å². The van der Waals surface area contributed by atoms with Gasteiger partial charge in [-0.3, -0.25) is 0 Å². The zero-order valence-electron chi connectivity index (χ0n) is 16.0. The molecule has 5 rings (SSSR count). The van der Waals surface area contributed by atoms with E-state index in [1.807, 2.05) is 36.0 Å². The summed E-state index contributed by atoms with van der Waals surface area (Å²) in [7, 11) is 3.50. The Morgan fingerprint density at radius 3 is 2.83 bits per heavy atom. The first-order valence-electron chi connectivity index (χ1n) is 8.90. The van der Waals surface area contributed by atoms with Crippen LogP contribution in [-0.2, 0) is 13.7 Å². The maximum Gasteiger partial charge on any atom is 0.275 e. The average molecular weight is 391 g/mol. The predicted molar refractivity (Wildman–Crippen MR) is 103 cm³/mol. The van der Waals surface area contributed by atoms with Gasteiger partial charge < -0.3 is 18.6 Å². The van der Waals surface area contributed by atoms with Crippen LogP contribution in [-0.4, -0.2) is 41.6 Å². The van der Waals surface area contributed by atoms with Gasteiger partial charge in [-0.05, 0) is 25.1 Å². The Morgan fingerprint density at radius 2 is 2.03 bits per heavy atom. The van der Waals surface area contributed by atoms with E-state index in [4.69, 9.17) is 14.0 Å². The minimum Gasteiger partial charge on any atom is -0.491 e. The van der Waals surface area contributed by atoms with Crippen molar-refractivity contribution in [1.82, 2.24) is 34.5 Å². The smallest absolute Gasteiger partial charge is 0.275 e. The molecule has 5 aromatic rings. The van der Waals surface area contributed by atoms with E-state index in [1.54, 1.807) is 30.7 Å². The third-order valence-electron chi connectivity index (χ3n) is 4.54. The maximum absolute atomic E-state index is 5.92. The number of pyridine rings is 1. The van der Waals surface area contributed by atoms with E-state index in [-0.39, 0.29) is 6.61 Å². The number of hydrogen-bond donors (Lipinski definition) is 0. The van der Waals surface area contributed by atoms with Crippen LogP contribution < -0.4 is 9.47 Å². The van der Waals surface area contributed by atoms with Crippen LogP contribution in [0.25, 0.3) is 28.2 Å². The van der Waals surface area contributed by atoms with Crippen LogP contribution in [0.2, 0.25) is 0 Å². The molecule has 0 unspecified atom stereocenters. The van der Waals surface area contributed by atoms with Gasteiger partial charge >= 0.3 is 0 Å². The number of rotatable bonds is 5. The maximum atomic E-state index is 5.92. The number of nitrogens with zero attached hydrogens (tertiary/aromatic N) is 7.